The molecule has 2 aromatic heterocycles. The van der Waals surface area contributed by atoms with E-state index in [9.17, 15) is 4.79 Å². The number of carbonyl (C=O) groups is 1. The van der Waals surface area contributed by atoms with Crippen molar-refractivity contribution in [1.82, 2.24) is 20.1 Å². The van der Waals surface area contributed by atoms with Gasteiger partial charge in [0.2, 0.25) is 0 Å². The van der Waals surface area contributed by atoms with E-state index < -0.39 is 0 Å². The van der Waals surface area contributed by atoms with Gasteiger partial charge in [-0.05, 0) is 25.3 Å². The number of aryl methyl sites for hydroxylation is 2. The molecule has 2 aromatic rings. The molecule has 0 atom stereocenters. The maximum atomic E-state index is 12.7. The number of aromatic nitrogens is 3. The van der Waals surface area contributed by atoms with E-state index in [1.807, 2.05) is 20.0 Å². The van der Waals surface area contributed by atoms with Gasteiger partial charge in [-0.15, -0.1) is 0 Å². The Morgan fingerprint density at radius 3 is 2.70 bits per heavy atom. The number of amides is 1. The van der Waals surface area contributed by atoms with Crippen molar-refractivity contribution >= 4 is 16.9 Å². The van der Waals surface area contributed by atoms with Crippen molar-refractivity contribution < 1.29 is 4.79 Å². The lowest BCUT2D eigenvalue weighted by Crippen LogP contribution is -2.25. The third-order valence-corrected chi connectivity index (χ3v) is 4.14. The molecule has 2 rings (SSSR count). The molecule has 0 radical (unpaired) electrons. The highest BCUT2D eigenvalue weighted by molar-refractivity contribution is 6.06. The van der Waals surface area contributed by atoms with Gasteiger partial charge in [-0.3, -0.25) is 9.48 Å². The molecule has 0 unspecified atom stereocenters. The predicted molar refractivity (Wildman–Crippen MR) is 93.8 cm³/mol. The SMILES string of the molecule is CCCCCCNC(=O)c1cc(C(C)C)nc2c1c(C)nn2C. The van der Waals surface area contributed by atoms with Crippen molar-refractivity contribution in [2.75, 3.05) is 6.54 Å². The third-order valence-electron chi connectivity index (χ3n) is 4.14. The number of unbranched alkanes of at least 4 members (excludes halogenated alkanes) is 3. The molecule has 5 heteroatoms. The second-order valence-electron chi connectivity index (χ2n) is 6.47. The highest BCUT2D eigenvalue weighted by atomic mass is 16.1. The quantitative estimate of drug-likeness (QED) is 0.792. The average Bonchev–Trinajstić information content (AvgIpc) is 2.80. The molecular formula is C18H28N4O. The molecule has 5 nitrogen and oxygen atoms in total. The standard InChI is InChI=1S/C18H28N4O/c1-6-7-8-9-10-19-18(23)14-11-15(12(2)3)20-17-16(14)13(4)21-22(17)5/h11-12H,6-10H2,1-5H3,(H,19,23). The Labute approximate surface area is 138 Å². The van der Waals surface area contributed by atoms with Gasteiger partial charge in [0.1, 0.15) is 0 Å². The highest BCUT2D eigenvalue weighted by Gasteiger charge is 2.19. The van der Waals surface area contributed by atoms with E-state index in [0.29, 0.717) is 5.56 Å². The maximum absolute atomic E-state index is 12.7. The Bertz CT molecular complexity index is 688. The normalized spacial score (nSPS) is 11.4. The van der Waals surface area contributed by atoms with Gasteiger partial charge in [0.15, 0.2) is 5.65 Å². The minimum atomic E-state index is -0.0214. The van der Waals surface area contributed by atoms with Gasteiger partial charge in [0.05, 0.1) is 16.6 Å². The minimum absolute atomic E-state index is 0.0214. The van der Waals surface area contributed by atoms with E-state index in [2.05, 4.69) is 36.2 Å². The Hall–Kier alpha value is -1.91. The fourth-order valence-corrected chi connectivity index (χ4v) is 2.79. The summed E-state index contributed by atoms with van der Waals surface area (Å²) in [5.74, 6) is 0.248. The molecule has 0 fully saturated rings. The first-order chi connectivity index (χ1) is 11.0. The summed E-state index contributed by atoms with van der Waals surface area (Å²) in [5, 5.41) is 8.34. The number of hydrogen-bond acceptors (Lipinski definition) is 3. The molecule has 1 N–H and O–H groups in total. The lowest BCUT2D eigenvalue weighted by atomic mass is 10.0. The Kier molecular flexibility index (Phi) is 5.74. The largest absolute Gasteiger partial charge is 0.352 e. The molecule has 1 amide bonds. The fraction of sp³-hybridized carbons (Fsp3) is 0.611. The average molecular weight is 316 g/mol. The summed E-state index contributed by atoms with van der Waals surface area (Å²) in [7, 11) is 1.87. The van der Waals surface area contributed by atoms with Crippen molar-refractivity contribution in [3.63, 3.8) is 0 Å². The molecule has 0 spiro atoms. The molecule has 0 saturated heterocycles. The van der Waals surface area contributed by atoms with Crippen LogP contribution in [-0.4, -0.2) is 27.2 Å². The van der Waals surface area contributed by atoms with Gasteiger partial charge in [-0.1, -0.05) is 40.0 Å². The van der Waals surface area contributed by atoms with Crippen LogP contribution >= 0.6 is 0 Å². The second-order valence-corrected chi connectivity index (χ2v) is 6.47. The fourth-order valence-electron chi connectivity index (χ4n) is 2.79. The van der Waals surface area contributed by atoms with Crippen molar-refractivity contribution in [1.29, 1.82) is 0 Å². The number of hydrogen-bond donors (Lipinski definition) is 1. The van der Waals surface area contributed by atoms with Crippen LogP contribution in [0.5, 0.6) is 0 Å². The zero-order valence-corrected chi connectivity index (χ0v) is 14.9. The van der Waals surface area contributed by atoms with Crippen LogP contribution < -0.4 is 5.32 Å². The van der Waals surface area contributed by atoms with Gasteiger partial charge in [0.25, 0.3) is 5.91 Å². The van der Waals surface area contributed by atoms with Crippen molar-refractivity contribution in [2.45, 2.75) is 59.3 Å². The summed E-state index contributed by atoms with van der Waals surface area (Å²) in [4.78, 5) is 17.3. The summed E-state index contributed by atoms with van der Waals surface area (Å²) in [6.07, 6.45) is 4.60. The van der Waals surface area contributed by atoms with E-state index in [1.54, 1.807) is 4.68 Å². The summed E-state index contributed by atoms with van der Waals surface area (Å²) in [6, 6.07) is 1.92. The van der Waals surface area contributed by atoms with Gasteiger partial charge in [-0.2, -0.15) is 5.10 Å². The molecule has 0 aliphatic rings. The smallest absolute Gasteiger partial charge is 0.252 e. The van der Waals surface area contributed by atoms with Gasteiger partial charge >= 0.3 is 0 Å². The number of rotatable bonds is 7. The van der Waals surface area contributed by atoms with Crippen LogP contribution in [0.4, 0.5) is 0 Å². The number of carbonyl (C=O) groups excluding carboxylic acids is 1. The molecule has 0 aromatic carbocycles. The number of nitrogens with one attached hydrogen (secondary N) is 1. The number of pyridine rings is 1. The Morgan fingerprint density at radius 1 is 1.30 bits per heavy atom. The highest BCUT2D eigenvalue weighted by Crippen LogP contribution is 2.24. The van der Waals surface area contributed by atoms with Crippen LogP contribution in [-0.2, 0) is 7.05 Å². The minimum Gasteiger partial charge on any atom is -0.352 e. The summed E-state index contributed by atoms with van der Waals surface area (Å²) in [5.41, 5.74) is 3.25. The second kappa shape index (κ2) is 7.57. The first kappa shape index (κ1) is 17.4. The molecule has 126 valence electrons. The summed E-state index contributed by atoms with van der Waals surface area (Å²) < 4.78 is 1.76. The van der Waals surface area contributed by atoms with E-state index in [4.69, 9.17) is 0 Å². The van der Waals surface area contributed by atoms with Crippen LogP contribution in [0, 0.1) is 6.92 Å². The topological polar surface area (TPSA) is 59.8 Å². The lowest BCUT2D eigenvalue weighted by molar-refractivity contribution is 0.0954. The first-order valence-electron chi connectivity index (χ1n) is 8.58. The van der Waals surface area contributed by atoms with E-state index in [0.717, 1.165) is 41.8 Å². The zero-order valence-electron chi connectivity index (χ0n) is 14.9. The molecular weight excluding hydrogens is 288 g/mol. The number of nitrogens with zero attached hydrogens (tertiary/aromatic N) is 3. The predicted octanol–water partition coefficient (Wildman–Crippen LogP) is 3.71. The monoisotopic (exact) mass is 316 g/mol. The molecule has 0 saturated carbocycles. The first-order valence-corrected chi connectivity index (χ1v) is 8.58. The van der Waals surface area contributed by atoms with Crippen LogP contribution in [0.15, 0.2) is 6.07 Å². The van der Waals surface area contributed by atoms with E-state index in [-0.39, 0.29) is 11.8 Å². The summed E-state index contributed by atoms with van der Waals surface area (Å²) in [6.45, 7) is 9.01. The molecule has 0 aliphatic heterocycles. The van der Waals surface area contributed by atoms with Gasteiger partial charge in [-0.25, -0.2) is 4.98 Å². The third kappa shape index (κ3) is 3.89. The summed E-state index contributed by atoms with van der Waals surface area (Å²) >= 11 is 0. The van der Waals surface area contributed by atoms with Crippen LogP contribution in [0.2, 0.25) is 0 Å². The van der Waals surface area contributed by atoms with Crippen LogP contribution in [0.25, 0.3) is 11.0 Å². The molecule has 2 heterocycles. The molecule has 0 bridgehead atoms. The van der Waals surface area contributed by atoms with E-state index >= 15 is 0 Å². The molecule has 23 heavy (non-hydrogen) atoms. The Morgan fingerprint density at radius 2 is 2.04 bits per heavy atom. The molecule has 0 aliphatic carbocycles. The Balaban J connectivity index is 2.29. The van der Waals surface area contributed by atoms with Crippen LogP contribution in [0.1, 0.15) is 74.1 Å². The lowest BCUT2D eigenvalue weighted by Gasteiger charge is -2.11. The van der Waals surface area contributed by atoms with Crippen molar-refractivity contribution in [3.8, 4) is 0 Å². The van der Waals surface area contributed by atoms with Gasteiger partial charge < -0.3 is 5.32 Å². The van der Waals surface area contributed by atoms with Crippen molar-refractivity contribution in [3.05, 3.63) is 23.0 Å². The number of fused-ring (bicyclic) bond motifs is 1. The van der Waals surface area contributed by atoms with E-state index in [1.165, 1.54) is 12.8 Å². The van der Waals surface area contributed by atoms with Gasteiger partial charge in [0, 0.05) is 19.3 Å². The maximum Gasteiger partial charge on any atom is 0.252 e. The zero-order chi connectivity index (χ0) is 17.0. The van der Waals surface area contributed by atoms with Crippen LogP contribution in [0.3, 0.4) is 0 Å². The van der Waals surface area contributed by atoms with Crippen molar-refractivity contribution in [2.24, 2.45) is 7.05 Å².